The van der Waals surface area contributed by atoms with Gasteiger partial charge in [0, 0.05) is 28.0 Å². The SMILES string of the molecule is Cc1cc(Br)ccc1NC(=O)CN1CCC(c2ccccn2)CC1. The summed E-state index contributed by atoms with van der Waals surface area (Å²) < 4.78 is 1.02. The number of nitrogens with zero attached hydrogens (tertiary/aromatic N) is 2. The molecule has 0 saturated carbocycles. The minimum absolute atomic E-state index is 0.0525. The number of carbonyl (C=O) groups excluding carboxylic acids is 1. The number of piperidine rings is 1. The van der Waals surface area contributed by atoms with E-state index < -0.39 is 0 Å². The smallest absolute Gasteiger partial charge is 0.238 e. The van der Waals surface area contributed by atoms with Gasteiger partial charge in [-0.2, -0.15) is 0 Å². The molecular formula is C19H22BrN3O. The second-order valence-electron chi connectivity index (χ2n) is 6.31. The maximum Gasteiger partial charge on any atom is 0.238 e. The van der Waals surface area contributed by atoms with Crippen LogP contribution in [0.15, 0.2) is 47.1 Å². The molecule has 126 valence electrons. The monoisotopic (exact) mass is 387 g/mol. The molecule has 24 heavy (non-hydrogen) atoms. The van der Waals surface area contributed by atoms with Gasteiger partial charge in [0.15, 0.2) is 0 Å². The molecule has 0 radical (unpaired) electrons. The topological polar surface area (TPSA) is 45.2 Å². The van der Waals surface area contributed by atoms with Crippen LogP contribution >= 0.6 is 15.9 Å². The van der Waals surface area contributed by atoms with Crippen LogP contribution < -0.4 is 5.32 Å². The molecule has 1 N–H and O–H groups in total. The Labute approximate surface area is 151 Å². The number of carbonyl (C=O) groups is 1. The quantitative estimate of drug-likeness (QED) is 0.862. The fourth-order valence-corrected chi connectivity index (χ4v) is 3.64. The van der Waals surface area contributed by atoms with Gasteiger partial charge < -0.3 is 5.32 Å². The third-order valence-corrected chi connectivity index (χ3v) is 5.02. The molecule has 1 saturated heterocycles. The summed E-state index contributed by atoms with van der Waals surface area (Å²) in [5, 5.41) is 3.01. The van der Waals surface area contributed by atoms with Gasteiger partial charge in [-0.15, -0.1) is 0 Å². The first-order chi connectivity index (χ1) is 11.6. The van der Waals surface area contributed by atoms with Gasteiger partial charge in [-0.1, -0.05) is 22.0 Å². The van der Waals surface area contributed by atoms with Crippen molar-refractivity contribution >= 4 is 27.5 Å². The van der Waals surface area contributed by atoms with Crippen LogP contribution in [0.1, 0.15) is 30.0 Å². The highest BCUT2D eigenvalue weighted by atomic mass is 79.9. The van der Waals surface area contributed by atoms with Crippen LogP contribution in [0.4, 0.5) is 5.69 Å². The Morgan fingerprint density at radius 1 is 1.29 bits per heavy atom. The molecule has 0 unspecified atom stereocenters. The van der Waals surface area contributed by atoms with Crippen LogP contribution in [-0.2, 0) is 4.79 Å². The molecule has 1 amide bonds. The zero-order valence-electron chi connectivity index (χ0n) is 13.8. The number of anilines is 1. The molecule has 1 aromatic carbocycles. The fourth-order valence-electron chi connectivity index (χ4n) is 3.16. The Bertz CT molecular complexity index is 697. The Morgan fingerprint density at radius 2 is 2.08 bits per heavy atom. The zero-order chi connectivity index (χ0) is 16.9. The van der Waals surface area contributed by atoms with Gasteiger partial charge in [0.2, 0.25) is 5.91 Å². The van der Waals surface area contributed by atoms with Crippen molar-refractivity contribution in [1.29, 1.82) is 0 Å². The fraction of sp³-hybridized carbons (Fsp3) is 0.368. The highest BCUT2D eigenvalue weighted by Crippen LogP contribution is 2.26. The summed E-state index contributed by atoms with van der Waals surface area (Å²) in [6.45, 7) is 4.32. The van der Waals surface area contributed by atoms with E-state index in [-0.39, 0.29) is 5.91 Å². The van der Waals surface area contributed by atoms with Crippen molar-refractivity contribution in [2.24, 2.45) is 0 Å². The van der Waals surface area contributed by atoms with Crippen molar-refractivity contribution in [2.45, 2.75) is 25.7 Å². The van der Waals surface area contributed by atoms with E-state index >= 15 is 0 Å². The second-order valence-corrected chi connectivity index (χ2v) is 7.23. The molecule has 1 fully saturated rings. The summed E-state index contributed by atoms with van der Waals surface area (Å²) in [7, 11) is 0. The lowest BCUT2D eigenvalue weighted by Crippen LogP contribution is -2.38. The summed E-state index contributed by atoms with van der Waals surface area (Å²) in [6, 6.07) is 12.0. The predicted octanol–water partition coefficient (Wildman–Crippen LogP) is 3.97. The molecule has 3 rings (SSSR count). The number of aromatic nitrogens is 1. The molecule has 4 nitrogen and oxygen atoms in total. The number of aryl methyl sites for hydroxylation is 1. The number of nitrogens with one attached hydrogen (secondary N) is 1. The minimum Gasteiger partial charge on any atom is -0.325 e. The van der Waals surface area contributed by atoms with Crippen molar-refractivity contribution in [3.8, 4) is 0 Å². The molecular weight excluding hydrogens is 366 g/mol. The third-order valence-electron chi connectivity index (χ3n) is 4.52. The third kappa shape index (κ3) is 4.42. The van der Waals surface area contributed by atoms with E-state index in [9.17, 15) is 4.79 Å². The molecule has 0 atom stereocenters. The van der Waals surface area contributed by atoms with Crippen LogP contribution in [0.2, 0.25) is 0 Å². The Balaban J connectivity index is 1.50. The first-order valence-corrected chi connectivity index (χ1v) is 9.10. The van der Waals surface area contributed by atoms with E-state index in [0.717, 1.165) is 41.7 Å². The molecule has 2 aromatic rings. The number of benzene rings is 1. The van der Waals surface area contributed by atoms with E-state index in [1.165, 1.54) is 5.69 Å². The molecule has 5 heteroatoms. The van der Waals surface area contributed by atoms with Gasteiger partial charge in [0.1, 0.15) is 0 Å². The largest absolute Gasteiger partial charge is 0.325 e. The van der Waals surface area contributed by atoms with Crippen molar-refractivity contribution < 1.29 is 4.79 Å². The molecule has 0 aliphatic carbocycles. The van der Waals surface area contributed by atoms with Crippen LogP contribution in [0.3, 0.4) is 0 Å². The summed E-state index contributed by atoms with van der Waals surface area (Å²) in [4.78, 5) is 19.0. The molecule has 1 aliphatic rings. The predicted molar refractivity (Wildman–Crippen MR) is 100 cm³/mol. The average Bonchev–Trinajstić information content (AvgIpc) is 2.59. The van der Waals surface area contributed by atoms with Crippen LogP contribution in [0.25, 0.3) is 0 Å². The maximum absolute atomic E-state index is 12.3. The lowest BCUT2D eigenvalue weighted by molar-refractivity contribution is -0.117. The average molecular weight is 388 g/mol. The molecule has 2 heterocycles. The van der Waals surface area contributed by atoms with E-state index in [1.54, 1.807) is 0 Å². The van der Waals surface area contributed by atoms with Gasteiger partial charge in [-0.25, -0.2) is 0 Å². The molecule has 0 bridgehead atoms. The van der Waals surface area contributed by atoms with Crippen molar-refractivity contribution in [2.75, 3.05) is 25.0 Å². The van der Waals surface area contributed by atoms with E-state index in [0.29, 0.717) is 12.5 Å². The highest BCUT2D eigenvalue weighted by molar-refractivity contribution is 9.10. The normalized spacial score (nSPS) is 16.1. The first-order valence-electron chi connectivity index (χ1n) is 8.31. The number of halogens is 1. The number of hydrogen-bond acceptors (Lipinski definition) is 3. The van der Waals surface area contributed by atoms with Crippen LogP contribution in [0.5, 0.6) is 0 Å². The summed E-state index contributed by atoms with van der Waals surface area (Å²) >= 11 is 3.44. The van der Waals surface area contributed by atoms with Crippen molar-refractivity contribution in [3.63, 3.8) is 0 Å². The van der Waals surface area contributed by atoms with Gasteiger partial charge in [-0.3, -0.25) is 14.7 Å². The van der Waals surface area contributed by atoms with E-state index in [4.69, 9.17) is 0 Å². The minimum atomic E-state index is 0.0525. The zero-order valence-corrected chi connectivity index (χ0v) is 15.4. The molecule has 0 spiro atoms. The van der Waals surface area contributed by atoms with Crippen molar-refractivity contribution in [3.05, 3.63) is 58.3 Å². The number of rotatable bonds is 4. The molecule has 1 aromatic heterocycles. The standard InChI is InChI=1S/C19H22BrN3O/c1-14-12-16(20)5-6-17(14)22-19(24)13-23-10-7-15(8-11-23)18-4-2-3-9-21-18/h2-6,9,12,15H,7-8,10-11,13H2,1H3,(H,22,24). The number of likely N-dealkylation sites (tertiary alicyclic amines) is 1. The Morgan fingerprint density at radius 3 is 2.75 bits per heavy atom. The summed E-state index contributed by atoms with van der Waals surface area (Å²) in [5.74, 6) is 0.566. The highest BCUT2D eigenvalue weighted by Gasteiger charge is 2.22. The number of amides is 1. The first kappa shape index (κ1) is 17.1. The van der Waals surface area contributed by atoms with Gasteiger partial charge in [0.05, 0.1) is 6.54 Å². The lowest BCUT2D eigenvalue weighted by Gasteiger charge is -2.31. The lowest BCUT2D eigenvalue weighted by atomic mass is 9.93. The Hall–Kier alpha value is -1.72. The van der Waals surface area contributed by atoms with Crippen LogP contribution in [-0.4, -0.2) is 35.4 Å². The summed E-state index contributed by atoms with van der Waals surface area (Å²) in [5.41, 5.74) is 3.12. The van der Waals surface area contributed by atoms with Crippen LogP contribution in [0, 0.1) is 6.92 Å². The number of hydrogen-bond donors (Lipinski definition) is 1. The van der Waals surface area contributed by atoms with Gasteiger partial charge >= 0.3 is 0 Å². The number of pyridine rings is 1. The van der Waals surface area contributed by atoms with E-state index in [1.807, 2.05) is 43.5 Å². The second kappa shape index (κ2) is 7.90. The van der Waals surface area contributed by atoms with Gasteiger partial charge in [0.25, 0.3) is 0 Å². The summed E-state index contributed by atoms with van der Waals surface area (Å²) in [6.07, 6.45) is 3.97. The van der Waals surface area contributed by atoms with Gasteiger partial charge in [-0.05, 0) is 68.8 Å². The van der Waals surface area contributed by atoms with E-state index in [2.05, 4.69) is 37.2 Å². The van der Waals surface area contributed by atoms with Crippen molar-refractivity contribution in [1.82, 2.24) is 9.88 Å². The molecule has 1 aliphatic heterocycles. The Kier molecular flexibility index (Phi) is 5.63. The maximum atomic E-state index is 12.3.